The molecule has 1 aliphatic rings. The summed E-state index contributed by atoms with van der Waals surface area (Å²) in [6, 6.07) is 21.3. The van der Waals surface area contributed by atoms with Crippen molar-refractivity contribution < 1.29 is 18.7 Å². The zero-order chi connectivity index (χ0) is 20.8. The van der Waals surface area contributed by atoms with Crippen molar-refractivity contribution in [1.82, 2.24) is 4.90 Å². The quantitative estimate of drug-likeness (QED) is 0.540. The highest BCUT2D eigenvalue weighted by atomic mass is 32.2. The van der Waals surface area contributed by atoms with E-state index in [1.54, 1.807) is 30.0 Å². The molecule has 0 fully saturated rings. The number of amides is 1. The van der Waals surface area contributed by atoms with Crippen molar-refractivity contribution in [1.29, 1.82) is 0 Å². The maximum atomic E-state index is 13.6. The van der Waals surface area contributed by atoms with Gasteiger partial charge in [0.1, 0.15) is 11.5 Å². The van der Waals surface area contributed by atoms with Crippen LogP contribution in [0.2, 0.25) is 0 Å². The molecule has 0 aliphatic carbocycles. The fraction of sp³-hybridized carbons (Fsp3) is 0.208. The maximum Gasteiger partial charge on any atom is 0.290 e. The van der Waals surface area contributed by atoms with E-state index in [4.69, 9.17) is 13.9 Å². The van der Waals surface area contributed by atoms with Crippen LogP contribution in [-0.4, -0.2) is 30.3 Å². The second kappa shape index (κ2) is 9.59. The second-order valence-corrected chi connectivity index (χ2v) is 7.92. The van der Waals surface area contributed by atoms with E-state index in [0.29, 0.717) is 25.5 Å². The molecule has 1 aromatic heterocycles. The highest BCUT2D eigenvalue weighted by Crippen LogP contribution is 2.35. The Morgan fingerprint density at radius 2 is 1.93 bits per heavy atom. The Hall–Kier alpha value is -3.12. The molecule has 3 aromatic rings. The van der Waals surface area contributed by atoms with Gasteiger partial charge in [-0.15, -0.1) is 11.8 Å². The predicted molar refractivity (Wildman–Crippen MR) is 118 cm³/mol. The monoisotopic (exact) mass is 421 g/mol. The highest BCUT2D eigenvalue weighted by Gasteiger charge is 2.28. The number of benzene rings is 2. The van der Waals surface area contributed by atoms with Crippen LogP contribution >= 0.6 is 11.8 Å². The van der Waals surface area contributed by atoms with Crippen LogP contribution in [0.3, 0.4) is 0 Å². The molecular weight excluding hydrogens is 398 g/mol. The van der Waals surface area contributed by atoms with Crippen LogP contribution in [-0.2, 0) is 22.6 Å². The Morgan fingerprint density at radius 3 is 2.70 bits per heavy atom. The minimum Gasteiger partial charge on any atom is -0.497 e. The molecule has 1 amide bonds. The molecule has 4 rings (SSSR count). The third-order valence-electron chi connectivity index (χ3n) is 4.73. The summed E-state index contributed by atoms with van der Waals surface area (Å²) in [7, 11) is 1.63. The van der Waals surface area contributed by atoms with E-state index >= 15 is 0 Å². The average Bonchev–Trinajstić information content (AvgIpc) is 3.32. The number of ether oxygens (including phenoxy) is 2. The summed E-state index contributed by atoms with van der Waals surface area (Å²) in [6.45, 7) is 1.27. The van der Waals surface area contributed by atoms with E-state index < -0.39 is 0 Å². The van der Waals surface area contributed by atoms with Crippen molar-refractivity contribution in [3.8, 4) is 5.75 Å². The molecule has 0 spiro atoms. The standard InChI is InChI=1S/C24H23NO4S/c1-27-20-10-5-7-18(15-20)16-25(17-21-11-6-12-28-21)24(26)22-23(30-14-13-29-22)19-8-3-2-4-9-19/h2-12,15H,13-14,16-17H2,1H3. The Labute approximate surface area is 180 Å². The molecule has 0 saturated heterocycles. The van der Waals surface area contributed by atoms with Gasteiger partial charge in [-0.1, -0.05) is 42.5 Å². The van der Waals surface area contributed by atoms with Crippen LogP contribution in [0, 0.1) is 0 Å². The number of furan rings is 1. The average molecular weight is 422 g/mol. The van der Waals surface area contributed by atoms with Gasteiger partial charge in [-0.3, -0.25) is 4.79 Å². The molecular formula is C24H23NO4S. The maximum absolute atomic E-state index is 13.6. The Kier molecular flexibility index (Phi) is 6.44. The van der Waals surface area contributed by atoms with Gasteiger partial charge in [-0.2, -0.15) is 0 Å². The first-order valence-electron chi connectivity index (χ1n) is 9.74. The number of carbonyl (C=O) groups excluding carboxylic acids is 1. The lowest BCUT2D eigenvalue weighted by atomic mass is 10.1. The summed E-state index contributed by atoms with van der Waals surface area (Å²) in [5.74, 6) is 2.53. The number of nitrogens with zero attached hydrogens (tertiary/aromatic N) is 1. The molecule has 2 heterocycles. The van der Waals surface area contributed by atoms with Crippen molar-refractivity contribution in [3.63, 3.8) is 0 Å². The zero-order valence-electron chi connectivity index (χ0n) is 16.7. The van der Waals surface area contributed by atoms with Gasteiger partial charge in [0.2, 0.25) is 0 Å². The molecule has 0 atom stereocenters. The van der Waals surface area contributed by atoms with Crippen molar-refractivity contribution >= 4 is 22.6 Å². The van der Waals surface area contributed by atoms with Crippen molar-refractivity contribution in [3.05, 3.63) is 95.6 Å². The number of hydrogen-bond acceptors (Lipinski definition) is 5. The van der Waals surface area contributed by atoms with Crippen LogP contribution in [0.25, 0.3) is 4.91 Å². The molecule has 0 radical (unpaired) electrons. The van der Waals surface area contributed by atoms with E-state index in [1.165, 1.54) is 0 Å². The Morgan fingerprint density at radius 1 is 1.07 bits per heavy atom. The normalized spacial score (nSPS) is 13.6. The van der Waals surface area contributed by atoms with Gasteiger partial charge in [0.05, 0.1) is 31.4 Å². The van der Waals surface area contributed by atoms with Crippen molar-refractivity contribution in [2.75, 3.05) is 19.5 Å². The Balaban J connectivity index is 1.67. The summed E-state index contributed by atoms with van der Waals surface area (Å²) < 4.78 is 16.8. The minimum absolute atomic E-state index is 0.153. The molecule has 0 saturated carbocycles. The smallest absolute Gasteiger partial charge is 0.290 e. The van der Waals surface area contributed by atoms with E-state index in [9.17, 15) is 4.79 Å². The molecule has 6 heteroatoms. The lowest BCUT2D eigenvalue weighted by Crippen LogP contribution is -2.33. The highest BCUT2D eigenvalue weighted by molar-refractivity contribution is 8.08. The summed E-state index contributed by atoms with van der Waals surface area (Å²) in [6.07, 6.45) is 1.62. The van der Waals surface area contributed by atoms with Crippen LogP contribution in [0.15, 0.2) is 83.2 Å². The first-order valence-corrected chi connectivity index (χ1v) is 10.7. The van der Waals surface area contributed by atoms with Crippen LogP contribution in [0.4, 0.5) is 0 Å². The minimum atomic E-state index is -0.153. The van der Waals surface area contributed by atoms with Gasteiger partial charge in [-0.25, -0.2) is 0 Å². The third-order valence-corrected chi connectivity index (χ3v) is 5.81. The molecule has 0 bridgehead atoms. The van der Waals surface area contributed by atoms with Crippen LogP contribution < -0.4 is 4.74 Å². The molecule has 0 unspecified atom stereocenters. The van der Waals surface area contributed by atoms with Crippen LogP contribution in [0.1, 0.15) is 16.9 Å². The summed E-state index contributed by atoms with van der Waals surface area (Å²) >= 11 is 1.65. The SMILES string of the molecule is COc1cccc(CN(Cc2ccco2)C(=O)C2=C(c3ccccc3)SCCO2)c1. The number of thioether (sulfide) groups is 1. The third kappa shape index (κ3) is 4.71. The number of rotatable bonds is 7. The van der Waals surface area contributed by atoms with E-state index in [2.05, 4.69) is 0 Å². The molecule has 30 heavy (non-hydrogen) atoms. The topological polar surface area (TPSA) is 51.9 Å². The van der Waals surface area contributed by atoms with Crippen molar-refractivity contribution in [2.45, 2.75) is 13.1 Å². The molecule has 5 nitrogen and oxygen atoms in total. The predicted octanol–water partition coefficient (Wildman–Crippen LogP) is 4.95. The number of methoxy groups -OCH3 is 1. The van der Waals surface area contributed by atoms with Crippen molar-refractivity contribution in [2.24, 2.45) is 0 Å². The molecule has 2 aromatic carbocycles. The zero-order valence-corrected chi connectivity index (χ0v) is 17.6. The second-order valence-electron chi connectivity index (χ2n) is 6.81. The van der Waals surface area contributed by atoms with Gasteiger partial charge in [-0.05, 0) is 35.4 Å². The fourth-order valence-electron chi connectivity index (χ4n) is 3.31. The van der Waals surface area contributed by atoms with E-state index in [-0.39, 0.29) is 5.91 Å². The molecule has 154 valence electrons. The number of hydrogen-bond donors (Lipinski definition) is 0. The van der Waals surface area contributed by atoms with E-state index in [1.807, 2.05) is 66.7 Å². The first-order chi connectivity index (χ1) is 14.7. The number of carbonyl (C=O) groups is 1. The summed E-state index contributed by atoms with van der Waals surface area (Å²) in [4.78, 5) is 16.2. The summed E-state index contributed by atoms with van der Waals surface area (Å²) in [5, 5.41) is 0. The summed E-state index contributed by atoms with van der Waals surface area (Å²) in [5.41, 5.74) is 1.96. The van der Waals surface area contributed by atoms with Gasteiger partial charge in [0, 0.05) is 12.3 Å². The van der Waals surface area contributed by atoms with Gasteiger partial charge >= 0.3 is 0 Å². The van der Waals surface area contributed by atoms with E-state index in [0.717, 1.165) is 33.3 Å². The van der Waals surface area contributed by atoms with Gasteiger partial charge in [0.15, 0.2) is 5.76 Å². The van der Waals surface area contributed by atoms with Crippen LogP contribution in [0.5, 0.6) is 5.75 Å². The van der Waals surface area contributed by atoms with Gasteiger partial charge < -0.3 is 18.8 Å². The molecule has 1 aliphatic heterocycles. The fourth-order valence-corrected chi connectivity index (χ4v) is 4.26. The Bertz CT molecular complexity index is 1010. The largest absolute Gasteiger partial charge is 0.497 e. The van der Waals surface area contributed by atoms with Gasteiger partial charge in [0.25, 0.3) is 5.91 Å². The molecule has 0 N–H and O–H groups in total. The lowest BCUT2D eigenvalue weighted by molar-refractivity contribution is -0.132. The first kappa shape index (κ1) is 20.2. The lowest BCUT2D eigenvalue weighted by Gasteiger charge is -2.27.